The van der Waals surface area contributed by atoms with Crippen LogP contribution in [0.1, 0.15) is 13.3 Å². The number of hydrogen-bond acceptors (Lipinski definition) is 5. The van der Waals surface area contributed by atoms with E-state index < -0.39 is 33.8 Å². The minimum atomic E-state index is -3.96. The summed E-state index contributed by atoms with van der Waals surface area (Å²) in [7, 11) is -3.96. The van der Waals surface area contributed by atoms with Crippen molar-refractivity contribution >= 4 is 39.2 Å². The number of halogens is 1. The van der Waals surface area contributed by atoms with Gasteiger partial charge in [-0.1, -0.05) is 0 Å². The standard InChI is InChI=1S/C19H19FN4O5S/c1-12(25)23-30(28,29)17-8-4-14(5-9-17)21-19(27)22-15-10-18(26)24(11-15)16-6-2-13(20)3-7-16/h2-9,15H,10-11H2,1H3,(H,23,25)(H2,21,22,27). The largest absolute Gasteiger partial charge is 0.333 e. The second kappa shape index (κ2) is 8.49. The molecule has 1 fully saturated rings. The van der Waals surface area contributed by atoms with E-state index in [-0.39, 0.29) is 23.8 Å². The Balaban J connectivity index is 1.57. The number of anilines is 2. The number of carbonyl (C=O) groups excluding carboxylic acids is 3. The fraction of sp³-hybridized carbons (Fsp3) is 0.211. The number of amides is 4. The van der Waals surface area contributed by atoms with Crippen molar-refractivity contribution in [2.45, 2.75) is 24.3 Å². The number of hydrogen-bond donors (Lipinski definition) is 3. The number of nitrogens with one attached hydrogen (secondary N) is 3. The van der Waals surface area contributed by atoms with Crippen LogP contribution in [-0.4, -0.2) is 38.8 Å². The number of rotatable bonds is 5. The van der Waals surface area contributed by atoms with E-state index in [0.29, 0.717) is 11.4 Å². The molecule has 1 aliphatic heterocycles. The third-order valence-corrected chi connectivity index (χ3v) is 5.75. The van der Waals surface area contributed by atoms with Crippen LogP contribution >= 0.6 is 0 Å². The summed E-state index contributed by atoms with van der Waals surface area (Å²) in [6, 6.07) is 9.73. The van der Waals surface area contributed by atoms with Crippen LogP contribution in [-0.2, 0) is 19.6 Å². The molecule has 0 spiro atoms. The highest BCUT2D eigenvalue weighted by atomic mass is 32.2. The van der Waals surface area contributed by atoms with Crippen molar-refractivity contribution in [3.8, 4) is 0 Å². The van der Waals surface area contributed by atoms with Gasteiger partial charge in [-0.25, -0.2) is 22.3 Å². The Bertz CT molecular complexity index is 1070. The van der Waals surface area contributed by atoms with Crippen LogP contribution in [0, 0.1) is 5.82 Å². The molecule has 1 saturated heterocycles. The van der Waals surface area contributed by atoms with Gasteiger partial charge in [0.05, 0.1) is 10.9 Å². The predicted molar refractivity (Wildman–Crippen MR) is 107 cm³/mol. The highest BCUT2D eigenvalue weighted by molar-refractivity contribution is 7.90. The zero-order valence-electron chi connectivity index (χ0n) is 15.9. The molecule has 1 unspecified atom stereocenters. The van der Waals surface area contributed by atoms with E-state index in [9.17, 15) is 27.2 Å². The van der Waals surface area contributed by atoms with Gasteiger partial charge < -0.3 is 15.5 Å². The van der Waals surface area contributed by atoms with Crippen molar-refractivity contribution in [2.24, 2.45) is 0 Å². The molecule has 0 aromatic heterocycles. The molecular formula is C19H19FN4O5S. The fourth-order valence-electron chi connectivity index (χ4n) is 2.99. The maximum atomic E-state index is 13.1. The van der Waals surface area contributed by atoms with Gasteiger partial charge in [0.15, 0.2) is 0 Å². The zero-order chi connectivity index (χ0) is 21.9. The van der Waals surface area contributed by atoms with E-state index >= 15 is 0 Å². The van der Waals surface area contributed by atoms with Gasteiger partial charge in [0, 0.05) is 31.3 Å². The molecule has 2 aromatic rings. The third kappa shape index (κ3) is 5.11. The molecule has 1 aliphatic rings. The van der Waals surface area contributed by atoms with E-state index in [1.54, 1.807) is 0 Å². The Morgan fingerprint density at radius 2 is 1.70 bits per heavy atom. The predicted octanol–water partition coefficient (Wildman–Crippen LogP) is 1.58. The maximum absolute atomic E-state index is 13.1. The first kappa shape index (κ1) is 21.2. The summed E-state index contributed by atoms with van der Waals surface area (Å²) in [4.78, 5) is 36.7. The molecule has 2 aromatic carbocycles. The molecule has 158 valence electrons. The lowest BCUT2D eigenvalue weighted by Crippen LogP contribution is -2.39. The Hall–Kier alpha value is -3.47. The first-order valence-corrected chi connectivity index (χ1v) is 10.4. The third-order valence-electron chi connectivity index (χ3n) is 4.30. The molecule has 0 aliphatic carbocycles. The Kier molecular flexibility index (Phi) is 6.01. The Labute approximate surface area is 172 Å². The summed E-state index contributed by atoms with van der Waals surface area (Å²) in [5.74, 6) is -1.31. The molecule has 1 atom stereocenters. The van der Waals surface area contributed by atoms with Crippen LogP contribution in [0.4, 0.5) is 20.6 Å². The Morgan fingerprint density at radius 3 is 2.30 bits per heavy atom. The van der Waals surface area contributed by atoms with Crippen molar-refractivity contribution in [1.29, 1.82) is 0 Å². The number of nitrogens with zero attached hydrogens (tertiary/aromatic N) is 1. The van der Waals surface area contributed by atoms with E-state index in [1.807, 2.05) is 4.72 Å². The van der Waals surface area contributed by atoms with Crippen LogP contribution in [0.15, 0.2) is 53.4 Å². The summed E-state index contributed by atoms with van der Waals surface area (Å²) in [6.07, 6.45) is 0.0959. The molecule has 3 N–H and O–H groups in total. The summed E-state index contributed by atoms with van der Waals surface area (Å²) in [5.41, 5.74) is 0.871. The van der Waals surface area contributed by atoms with Crippen molar-refractivity contribution in [2.75, 3.05) is 16.8 Å². The first-order chi connectivity index (χ1) is 14.1. The van der Waals surface area contributed by atoms with Gasteiger partial charge in [-0.2, -0.15) is 0 Å². The molecule has 11 heteroatoms. The highest BCUT2D eigenvalue weighted by Crippen LogP contribution is 2.22. The van der Waals surface area contributed by atoms with Crippen molar-refractivity contribution in [3.05, 3.63) is 54.3 Å². The second-order valence-electron chi connectivity index (χ2n) is 6.67. The summed E-state index contributed by atoms with van der Waals surface area (Å²) in [5, 5.41) is 5.23. The molecule has 30 heavy (non-hydrogen) atoms. The topological polar surface area (TPSA) is 125 Å². The van der Waals surface area contributed by atoms with Gasteiger partial charge in [0.1, 0.15) is 5.82 Å². The molecule has 0 bridgehead atoms. The quantitative estimate of drug-likeness (QED) is 0.659. The summed E-state index contributed by atoms with van der Waals surface area (Å²) >= 11 is 0. The number of sulfonamides is 1. The minimum absolute atomic E-state index is 0.0959. The SMILES string of the molecule is CC(=O)NS(=O)(=O)c1ccc(NC(=O)NC2CC(=O)N(c3ccc(F)cc3)C2)cc1. The Morgan fingerprint density at radius 1 is 1.07 bits per heavy atom. The molecule has 3 rings (SSSR count). The maximum Gasteiger partial charge on any atom is 0.319 e. The molecule has 4 amide bonds. The molecular weight excluding hydrogens is 415 g/mol. The second-order valence-corrected chi connectivity index (χ2v) is 8.35. The van der Waals surface area contributed by atoms with E-state index in [4.69, 9.17) is 0 Å². The average molecular weight is 434 g/mol. The fourth-order valence-corrected chi connectivity index (χ4v) is 3.98. The van der Waals surface area contributed by atoms with Crippen LogP contribution in [0.3, 0.4) is 0 Å². The van der Waals surface area contributed by atoms with E-state index in [0.717, 1.165) is 6.92 Å². The van der Waals surface area contributed by atoms with Crippen molar-refractivity contribution in [1.82, 2.24) is 10.0 Å². The van der Waals surface area contributed by atoms with Gasteiger partial charge in [-0.3, -0.25) is 9.59 Å². The van der Waals surface area contributed by atoms with Gasteiger partial charge in [0.25, 0.3) is 10.0 Å². The van der Waals surface area contributed by atoms with Gasteiger partial charge in [0.2, 0.25) is 11.8 Å². The van der Waals surface area contributed by atoms with Gasteiger partial charge in [-0.05, 0) is 48.5 Å². The number of carbonyl (C=O) groups is 3. The van der Waals surface area contributed by atoms with E-state index in [1.165, 1.54) is 53.4 Å². The van der Waals surface area contributed by atoms with Gasteiger partial charge >= 0.3 is 6.03 Å². The lowest BCUT2D eigenvalue weighted by molar-refractivity contribution is -0.118. The summed E-state index contributed by atoms with van der Waals surface area (Å²) in [6.45, 7) is 1.33. The van der Waals surface area contributed by atoms with Crippen LogP contribution in [0.25, 0.3) is 0 Å². The number of urea groups is 1. The van der Waals surface area contributed by atoms with Crippen molar-refractivity contribution in [3.63, 3.8) is 0 Å². The molecule has 9 nitrogen and oxygen atoms in total. The van der Waals surface area contributed by atoms with Crippen molar-refractivity contribution < 1.29 is 27.2 Å². The average Bonchev–Trinajstić information content (AvgIpc) is 3.01. The number of benzene rings is 2. The summed E-state index contributed by atoms with van der Waals surface area (Å²) < 4.78 is 38.7. The molecule has 0 saturated carbocycles. The minimum Gasteiger partial charge on any atom is -0.333 e. The lowest BCUT2D eigenvalue weighted by Gasteiger charge is -2.17. The van der Waals surface area contributed by atoms with Gasteiger partial charge in [-0.15, -0.1) is 0 Å². The monoisotopic (exact) mass is 434 g/mol. The van der Waals surface area contributed by atoms with Crippen LogP contribution in [0.2, 0.25) is 0 Å². The zero-order valence-corrected chi connectivity index (χ0v) is 16.7. The molecule has 0 radical (unpaired) electrons. The van der Waals surface area contributed by atoms with E-state index in [2.05, 4.69) is 10.6 Å². The molecule has 1 heterocycles. The normalized spacial score (nSPS) is 16.3. The lowest BCUT2D eigenvalue weighted by atomic mass is 10.2. The first-order valence-electron chi connectivity index (χ1n) is 8.91. The van der Waals surface area contributed by atoms with Crippen LogP contribution < -0.4 is 20.3 Å². The highest BCUT2D eigenvalue weighted by Gasteiger charge is 2.31. The van der Waals surface area contributed by atoms with Crippen LogP contribution in [0.5, 0.6) is 0 Å². The smallest absolute Gasteiger partial charge is 0.319 e.